The number of ether oxygens (including phenoxy) is 4. The maximum atomic E-state index is 15.7. The summed E-state index contributed by atoms with van der Waals surface area (Å²) in [7, 11) is 3.23. The van der Waals surface area contributed by atoms with Crippen molar-refractivity contribution < 1.29 is 27.8 Å². The van der Waals surface area contributed by atoms with Crippen molar-refractivity contribution in [1.29, 1.82) is 0 Å². The predicted molar refractivity (Wildman–Crippen MR) is 138 cm³/mol. The Morgan fingerprint density at radius 1 is 1.19 bits per heavy atom. The summed E-state index contributed by atoms with van der Waals surface area (Å²) < 4.78 is 46.3. The van der Waals surface area contributed by atoms with Gasteiger partial charge in [-0.25, -0.2) is 19.0 Å². The van der Waals surface area contributed by atoms with Crippen LogP contribution >= 0.6 is 23.1 Å². The van der Waals surface area contributed by atoms with E-state index in [2.05, 4.69) is 15.4 Å². The largest absolute Gasteiger partial charge is 0.496 e. The molecule has 196 valence electrons. The second-order valence-corrected chi connectivity index (χ2v) is 11.2. The molecule has 0 saturated carbocycles. The van der Waals surface area contributed by atoms with Crippen LogP contribution in [0.3, 0.4) is 0 Å². The first-order valence-corrected chi connectivity index (χ1v) is 13.7. The van der Waals surface area contributed by atoms with Crippen LogP contribution in [0.2, 0.25) is 0 Å². The number of rotatable bonds is 7. The van der Waals surface area contributed by atoms with Gasteiger partial charge in [0.15, 0.2) is 22.1 Å². The molecule has 6 rings (SSSR count). The molecule has 1 fully saturated rings. The van der Waals surface area contributed by atoms with Crippen LogP contribution < -0.4 is 14.9 Å². The Hall–Kier alpha value is -2.80. The number of imidazole rings is 1. The minimum absolute atomic E-state index is 0.148. The maximum Gasteiger partial charge on any atom is 0.196 e. The van der Waals surface area contributed by atoms with Crippen molar-refractivity contribution in [2.45, 2.75) is 61.9 Å². The standard InChI is InChI=1S/C25H27FN4O5S2/c1-13-8-25(26,9-14(2)34-13)22-27-15(12-36-22)11-33-19-5-16(31-3)6-20-17(19)7-21(35-20)18-10-30-23(28-18)37-24(29-30)32-4/h5-7,10,12-14,24,29H,8-9,11H2,1-4H3. The molecule has 0 amide bonds. The van der Waals surface area contributed by atoms with Gasteiger partial charge < -0.3 is 23.4 Å². The Balaban J connectivity index is 1.24. The fraction of sp³-hybridized carbons (Fsp3) is 0.440. The molecule has 9 nitrogen and oxygen atoms in total. The molecule has 2 aliphatic rings. The lowest BCUT2D eigenvalue weighted by Gasteiger charge is -2.35. The van der Waals surface area contributed by atoms with Crippen molar-refractivity contribution >= 4 is 34.1 Å². The van der Waals surface area contributed by atoms with E-state index in [9.17, 15) is 0 Å². The van der Waals surface area contributed by atoms with Crippen molar-refractivity contribution in [1.82, 2.24) is 14.6 Å². The summed E-state index contributed by atoms with van der Waals surface area (Å²) in [6, 6.07) is 5.51. The number of fused-ring (bicyclic) bond motifs is 2. The van der Waals surface area contributed by atoms with E-state index in [-0.39, 0.29) is 24.4 Å². The topological polar surface area (TPSA) is 92.8 Å². The Morgan fingerprint density at radius 3 is 2.73 bits per heavy atom. The fourth-order valence-electron chi connectivity index (χ4n) is 4.83. The van der Waals surface area contributed by atoms with Gasteiger partial charge in [0.25, 0.3) is 0 Å². The van der Waals surface area contributed by atoms with Crippen LogP contribution in [-0.4, -0.2) is 46.6 Å². The van der Waals surface area contributed by atoms with Gasteiger partial charge in [-0.2, -0.15) is 0 Å². The van der Waals surface area contributed by atoms with Gasteiger partial charge in [0.05, 0.1) is 36.6 Å². The van der Waals surface area contributed by atoms with Gasteiger partial charge in [-0.3, -0.25) is 5.43 Å². The normalized spacial score (nSPS) is 25.3. The lowest BCUT2D eigenvalue weighted by Crippen LogP contribution is -2.38. The number of benzene rings is 1. The highest BCUT2D eigenvalue weighted by Crippen LogP contribution is 2.43. The van der Waals surface area contributed by atoms with Gasteiger partial charge in [-0.15, -0.1) is 11.3 Å². The SMILES string of the molecule is COc1cc(OCc2csc(C3(F)CC(C)OC(C)C3)n2)c2cc(-c3cn4c(n3)SC(OC)N4)oc2c1. The first-order valence-electron chi connectivity index (χ1n) is 11.9. The molecule has 0 radical (unpaired) electrons. The van der Waals surface area contributed by atoms with Crippen molar-refractivity contribution in [3.05, 3.63) is 40.5 Å². The average Bonchev–Trinajstić information content (AvgIpc) is 3.63. The first kappa shape index (κ1) is 24.5. The van der Waals surface area contributed by atoms with Gasteiger partial charge in [0, 0.05) is 37.5 Å². The summed E-state index contributed by atoms with van der Waals surface area (Å²) in [5, 5.41) is 3.90. The lowest BCUT2D eigenvalue weighted by molar-refractivity contribution is -0.101. The van der Waals surface area contributed by atoms with E-state index in [1.165, 1.54) is 23.1 Å². The van der Waals surface area contributed by atoms with Crippen molar-refractivity contribution in [3.63, 3.8) is 0 Å². The van der Waals surface area contributed by atoms with E-state index in [4.69, 9.17) is 23.4 Å². The number of nitrogens with one attached hydrogen (secondary N) is 1. The number of thiazole rings is 1. The number of thioether (sulfide) groups is 1. The minimum atomic E-state index is -1.48. The molecular weight excluding hydrogens is 519 g/mol. The number of aromatic nitrogens is 3. The molecule has 0 bridgehead atoms. The summed E-state index contributed by atoms with van der Waals surface area (Å²) in [5.41, 5.74) is 3.49. The smallest absolute Gasteiger partial charge is 0.196 e. The second kappa shape index (κ2) is 9.50. The van der Waals surface area contributed by atoms with Crippen LogP contribution in [0.15, 0.2) is 39.3 Å². The Morgan fingerprint density at radius 2 is 2.00 bits per heavy atom. The maximum absolute atomic E-state index is 15.7. The molecule has 1 N–H and O–H groups in total. The van der Waals surface area contributed by atoms with Gasteiger partial charge in [-0.1, -0.05) is 0 Å². The van der Waals surface area contributed by atoms with Gasteiger partial charge >= 0.3 is 0 Å². The molecule has 3 atom stereocenters. The van der Waals surface area contributed by atoms with E-state index in [1.807, 2.05) is 42.2 Å². The molecule has 0 spiro atoms. The number of methoxy groups -OCH3 is 2. The highest BCUT2D eigenvalue weighted by atomic mass is 32.2. The van der Waals surface area contributed by atoms with Crippen molar-refractivity contribution in [2.75, 3.05) is 19.6 Å². The average molecular weight is 547 g/mol. The third-order valence-corrected chi connectivity index (χ3v) is 8.48. The third-order valence-electron chi connectivity index (χ3n) is 6.40. The van der Waals surface area contributed by atoms with Crippen LogP contribution in [0.5, 0.6) is 11.5 Å². The van der Waals surface area contributed by atoms with Crippen LogP contribution in [0.25, 0.3) is 22.4 Å². The lowest BCUT2D eigenvalue weighted by atomic mass is 9.90. The van der Waals surface area contributed by atoms with E-state index < -0.39 is 5.67 Å². The number of nitrogens with zero attached hydrogens (tertiary/aromatic N) is 3. The fourth-order valence-corrected chi connectivity index (χ4v) is 6.57. The van der Waals surface area contributed by atoms with E-state index in [1.54, 1.807) is 20.3 Å². The van der Waals surface area contributed by atoms with Crippen molar-refractivity contribution in [2.24, 2.45) is 0 Å². The monoisotopic (exact) mass is 546 g/mol. The molecule has 12 heteroatoms. The minimum Gasteiger partial charge on any atom is -0.496 e. The highest BCUT2D eigenvalue weighted by molar-refractivity contribution is 7.99. The molecule has 37 heavy (non-hydrogen) atoms. The molecule has 3 aromatic heterocycles. The van der Waals surface area contributed by atoms with Crippen LogP contribution in [0.1, 0.15) is 37.4 Å². The summed E-state index contributed by atoms with van der Waals surface area (Å²) in [4.78, 5) is 9.23. The van der Waals surface area contributed by atoms with Gasteiger partial charge in [-0.05, 0) is 31.7 Å². The Bertz CT molecular complexity index is 1400. The molecular formula is C25H27FN4O5S2. The summed E-state index contributed by atoms with van der Waals surface area (Å²) >= 11 is 2.81. The van der Waals surface area contributed by atoms with Gasteiger partial charge in [0.2, 0.25) is 0 Å². The zero-order valence-corrected chi connectivity index (χ0v) is 22.5. The molecule has 1 saturated heterocycles. The number of furan rings is 1. The molecule has 5 heterocycles. The molecule has 3 unspecified atom stereocenters. The zero-order valence-electron chi connectivity index (χ0n) is 20.8. The van der Waals surface area contributed by atoms with E-state index >= 15 is 4.39 Å². The number of hydrogen-bond acceptors (Lipinski definition) is 10. The van der Waals surface area contributed by atoms with E-state index in [0.717, 1.165) is 10.5 Å². The molecule has 4 aromatic rings. The molecule has 0 aliphatic carbocycles. The summed E-state index contributed by atoms with van der Waals surface area (Å²) in [5.74, 6) is 1.79. The quantitative estimate of drug-likeness (QED) is 0.315. The molecule has 2 aliphatic heterocycles. The highest BCUT2D eigenvalue weighted by Gasteiger charge is 2.42. The van der Waals surface area contributed by atoms with Gasteiger partial charge in [0.1, 0.15) is 34.4 Å². The summed E-state index contributed by atoms with van der Waals surface area (Å²) in [6.07, 6.45) is 2.17. The Labute approximate surface area is 221 Å². The second-order valence-electron chi connectivity index (χ2n) is 9.30. The zero-order chi connectivity index (χ0) is 25.7. The number of halogens is 1. The number of hydrogen-bond donors (Lipinski definition) is 1. The summed E-state index contributed by atoms with van der Waals surface area (Å²) in [6.45, 7) is 3.99. The van der Waals surface area contributed by atoms with Crippen LogP contribution in [0, 0.1) is 0 Å². The molecule has 1 aromatic carbocycles. The first-order chi connectivity index (χ1) is 17.8. The Kier molecular flexibility index (Phi) is 6.30. The van der Waals surface area contributed by atoms with Crippen molar-refractivity contribution in [3.8, 4) is 23.0 Å². The number of alkyl halides is 1. The van der Waals surface area contributed by atoms with Crippen LogP contribution in [0.4, 0.5) is 4.39 Å². The predicted octanol–water partition coefficient (Wildman–Crippen LogP) is 5.67. The van der Waals surface area contributed by atoms with Crippen LogP contribution in [-0.2, 0) is 21.7 Å². The third kappa shape index (κ3) is 4.67. The van der Waals surface area contributed by atoms with E-state index in [0.29, 0.717) is 52.1 Å².